The van der Waals surface area contributed by atoms with E-state index in [4.69, 9.17) is 0 Å². The first-order valence-corrected chi connectivity index (χ1v) is 8.90. The summed E-state index contributed by atoms with van der Waals surface area (Å²) >= 11 is 1.59. The number of amides is 1. The van der Waals surface area contributed by atoms with Crippen molar-refractivity contribution in [2.24, 2.45) is 11.8 Å². The van der Waals surface area contributed by atoms with E-state index in [-0.39, 0.29) is 23.2 Å². The van der Waals surface area contributed by atoms with Gasteiger partial charge in [0.25, 0.3) is 0 Å². The predicted molar refractivity (Wildman–Crippen MR) is 84.2 cm³/mol. The molecular formula is C15H26N2O3S. The van der Waals surface area contributed by atoms with E-state index in [0.717, 1.165) is 25.8 Å². The van der Waals surface area contributed by atoms with Gasteiger partial charge in [-0.2, -0.15) is 0 Å². The Bertz CT molecular complexity index is 402. The molecule has 6 heteroatoms. The van der Waals surface area contributed by atoms with Gasteiger partial charge in [-0.25, -0.2) is 4.79 Å². The third-order valence-corrected chi connectivity index (χ3v) is 6.15. The van der Waals surface area contributed by atoms with E-state index in [1.165, 1.54) is 0 Å². The van der Waals surface area contributed by atoms with Crippen molar-refractivity contribution in [2.75, 3.05) is 12.3 Å². The highest BCUT2D eigenvalue weighted by Gasteiger charge is 2.45. The molecule has 0 saturated carbocycles. The summed E-state index contributed by atoms with van der Waals surface area (Å²) in [5.41, 5.74) is 0. The lowest BCUT2D eigenvalue weighted by Gasteiger charge is -2.36. The number of nitrogens with zero attached hydrogens (tertiary/aromatic N) is 1. The predicted octanol–water partition coefficient (Wildman–Crippen LogP) is 1.78. The second-order valence-electron chi connectivity index (χ2n) is 6.37. The number of piperidine rings is 1. The van der Waals surface area contributed by atoms with Gasteiger partial charge in [0.2, 0.25) is 5.91 Å². The molecule has 2 aliphatic rings. The van der Waals surface area contributed by atoms with Gasteiger partial charge in [0.05, 0.1) is 11.4 Å². The van der Waals surface area contributed by atoms with Gasteiger partial charge in [0.1, 0.15) is 6.04 Å². The van der Waals surface area contributed by atoms with Crippen LogP contribution in [0.15, 0.2) is 0 Å². The summed E-state index contributed by atoms with van der Waals surface area (Å²) in [4.78, 5) is 26.0. The third-order valence-electron chi connectivity index (χ3n) is 4.53. The smallest absolute Gasteiger partial charge is 0.327 e. The Labute approximate surface area is 130 Å². The Kier molecular flexibility index (Phi) is 5.54. The van der Waals surface area contributed by atoms with E-state index in [1.807, 2.05) is 13.8 Å². The average Bonchev–Trinajstić information content (AvgIpc) is 2.91. The lowest BCUT2D eigenvalue weighted by atomic mass is 9.89. The maximum atomic E-state index is 12.9. The van der Waals surface area contributed by atoms with Crippen LogP contribution in [0.1, 0.15) is 40.0 Å². The fourth-order valence-corrected chi connectivity index (χ4v) is 4.72. The molecular weight excluding hydrogens is 288 g/mol. The van der Waals surface area contributed by atoms with Crippen molar-refractivity contribution < 1.29 is 14.7 Å². The minimum atomic E-state index is -0.887. The normalized spacial score (nSPS) is 33.4. The van der Waals surface area contributed by atoms with E-state index in [0.29, 0.717) is 11.7 Å². The number of rotatable bonds is 4. The van der Waals surface area contributed by atoms with Crippen LogP contribution in [0.25, 0.3) is 0 Å². The van der Waals surface area contributed by atoms with Crippen molar-refractivity contribution in [2.45, 2.75) is 57.5 Å². The van der Waals surface area contributed by atoms with Crippen molar-refractivity contribution in [1.29, 1.82) is 0 Å². The number of carboxylic acid groups (broad SMARTS) is 1. The van der Waals surface area contributed by atoms with Crippen molar-refractivity contribution >= 4 is 23.6 Å². The van der Waals surface area contributed by atoms with E-state index in [2.05, 4.69) is 12.2 Å². The summed E-state index contributed by atoms with van der Waals surface area (Å²) in [6.45, 7) is 7.09. The van der Waals surface area contributed by atoms with Gasteiger partial charge in [-0.1, -0.05) is 27.2 Å². The molecule has 0 aliphatic carbocycles. The lowest BCUT2D eigenvalue weighted by molar-refractivity contribution is -0.151. The Morgan fingerprint density at radius 2 is 2.14 bits per heavy atom. The van der Waals surface area contributed by atoms with Gasteiger partial charge in [-0.15, -0.1) is 11.8 Å². The molecule has 21 heavy (non-hydrogen) atoms. The summed E-state index contributed by atoms with van der Waals surface area (Å²) in [6.07, 6.45) is 3.01. The highest BCUT2D eigenvalue weighted by molar-refractivity contribution is 8.00. The Morgan fingerprint density at radius 3 is 2.71 bits per heavy atom. The first kappa shape index (κ1) is 16.6. The highest BCUT2D eigenvalue weighted by Crippen LogP contribution is 2.35. The monoisotopic (exact) mass is 314 g/mol. The molecule has 2 rings (SSSR count). The molecule has 4 atom stereocenters. The molecule has 0 bridgehead atoms. The molecule has 2 N–H and O–H groups in total. The minimum absolute atomic E-state index is 0.0238. The number of nitrogens with one attached hydrogen (secondary N) is 1. The number of carbonyl (C=O) groups is 2. The van der Waals surface area contributed by atoms with Crippen LogP contribution in [0.3, 0.4) is 0 Å². The number of aliphatic carboxylic acids is 1. The molecule has 5 nitrogen and oxygen atoms in total. The van der Waals surface area contributed by atoms with Crippen molar-refractivity contribution in [1.82, 2.24) is 10.2 Å². The number of carboxylic acids is 1. The Morgan fingerprint density at radius 1 is 1.43 bits per heavy atom. The van der Waals surface area contributed by atoms with Crippen LogP contribution >= 0.6 is 11.8 Å². The molecule has 2 saturated heterocycles. The Hall–Kier alpha value is -0.750. The zero-order valence-electron chi connectivity index (χ0n) is 13.0. The number of thioether (sulfide) groups is 1. The van der Waals surface area contributed by atoms with Crippen LogP contribution in [-0.4, -0.2) is 51.6 Å². The molecule has 120 valence electrons. The van der Waals surface area contributed by atoms with E-state index < -0.39 is 12.0 Å². The molecule has 4 unspecified atom stereocenters. The first-order valence-electron chi connectivity index (χ1n) is 7.85. The van der Waals surface area contributed by atoms with Crippen LogP contribution in [0, 0.1) is 11.8 Å². The largest absolute Gasteiger partial charge is 0.480 e. The second-order valence-corrected chi connectivity index (χ2v) is 7.52. The van der Waals surface area contributed by atoms with Gasteiger partial charge < -0.3 is 15.3 Å². The van der Waals surface area contributed by atoms with E-state index in [1.54, 1.807) is 16.7 Å². The molecule has 2 heterocycles. The van der Waals surface area contributed by atoms with Crippen LogP contribution in [0.4, 0.5) is 0 Å². The molecule has 1 amide bonds. The van der Waals surface area contributed by atoms with Crippen LogP contribution in [0.5, 0.6) is 0 Å². The first-order chi connectivity index (χ1) is 9.95. The summed E-state index contributed by atoms with van der Waals surface area (Å²) in [6, 6.07) is -0.899. The molecule has 0 radical (unpaired) electrons. The summed E-state index contributed by atoms with van der Waals surface area (Å²) in [5, 5.41) is 12.7. The zero-order valence-corrected chi connectivity index (χ0v) is 13.9. The molecule has 2 fully saturated rings. The fourth-order valence-electron chi connectivity index (χ4n) is 3.25. The van der Waals surface area contributed by atoms with Crippen LogP contribution < -0.4 is 5.32 Å². The molecule has 0 aromatic carbocycles. The lowest BCUT2D eigenvalue weighted by Crippen LogP contribution is -2.56. The second kappa shape index (κ2) is 7.01. The number of hydrogen-bond acceptors (Lipinski definition) is 4. The summed E-state index contributed by atoms with van der Waals surface area (Å²) in [5.74, 6) is 0.407. The molecule has 2 aliphatic heterocycles. The van der Waals surface area contributed by atoms with Gasteiger partial charge in [-0.3, -0.25) is 4.79 Å². The summed E-state index contributed by atoms with van der Waals surface area (Å²) in [7, 11) is 0. The van der Waals surface area contributed by atoms with E-state index in [9.17, 15) is 14.7 Å². The molecule has 0 aromatic heterocycles. The molecule has 0 aromatic rings. The SMILES string of the molecule is CCC1CCNC(C(=O)N2C(C(=O)O)CSC2C(C)C)C1. The van der Waals surface area contributed by atoms with E-state index >= 15 is 0 Å². The topological polar surface area (TPSA) is 69.6 Å². The summed E-state index contributed by atoms with van der Waals surface area (Å²) < 4.78 is 0. The number of hydrogen-bond donors (Lipinski definition) is 2. The minimum Gasteiger partial charge on any atom is -0.480 e. The van der Waals surface area contributed by atoms with Crippen molar-refractivity contribution in [3.05, 3.63) is 0 Å². The highest BCUT2D eigenvalue weighted by atomic mass is 32.2. The van der Waals surface area contributed by atoms with Gasteiger partial charge in [0.15, 0.2) is 0 Å². The van der Waals surface area contributed by atoms with Gasteiger partial charge in [-0.05, 0) is 31.2 Å². The van der Waals surface area contributed by atoms with Crippen LogP contribution in [-0.2, 0) is 9.59 Å². The van der Waals surface area contributed by atoms with Crippen LogP contribution in [0.2, 0.25) is 0 Å². The van der Waals surface area contributed by atoms with Crippen molar-refractivity contribution in [3.8, 4) is 0 Å². The van der Waals surface area contributed by atoms with Crippen molar-refractivity contribution in [3.63, 3.8) is 0 Å². The third kappa shape index (κ3) is 3.54. The Balaban J connectivity index is 2.14. The number of carbonyl (C=O) groups excluding carboxylic acids is 1. The maximum absolute atomic E-state index is 12.9. The zero-order chi connectivity index (χ0) is 15.6. The van der Waals surface area contributed by atoms with Gasteiger partial charge in [0, 0.05) is 5.75 Å². The quantitative estimate of drug-likeness (QED) is 0.828. The average molecular weight is 314 g/mol. The molecule has 0 spiro atoms. The van der Waals surface area contributed by atoms with Gasteiger partial charge >= 0.3 is 5.97 Å². The standard InChI is InChI=1S/C15H26N2O3S/c1-4-10-5-6-16-11(7-10)13(18)17-12(15(19)20)8-21-14(17)9(2)3/h9-12,14,16H,4-8H2,1-3H3,(H,19,20). The maximum Gasteiger partial charge on any atom is 0.327 e. The fraction of sp³-hybridized carbons (Fsp3) is 0.867.